The van der Waals surface area contributed by atoms with Crippen molar-refractivity contribution >= 4 is 0 Å². The van der Waals surface area contributed by atoms with Gasteiger partial charge in [-0.2, -0.15) is 0 Å². The second kappa shape index (κ2) is 14.5. The molecule has 0 rings (SSSR count). The summed E-state index contributed by atoms with van der Waals surface area (Å²) < 4.78 is 0. The first kappa shape index (κ1) is 15.5. The van der Waals surface area contributed by atoms with Crippen LogP contribution in [-0.4, -0.2) is 0 Å². The van der Waals surface area contributed by atoms with Crippen molar-refractivity contribution in [2.24, 2.45) is 0 Å². The zero-order chi connectivity index (χ0) is 11.9. The standard InChI is InChI=1S/C16H30/c1-3-5-7-9-11-13-15-16-14-12-10-8-6-4-2/h7,9,13,15H,3-6,8,10-12,14,16H2,1-2H3/b9-7+,15-13+. The zero-order valence-electron chi connectivity index (χ0n) is 11.4. The van der Waals surface area contributed by atoms with Crippen molar-refractivity contribution in [3.63, 3.8) is 0 Å². The molecular weight excluding hydrogens is 192 g/mol. The Hall–Kier alpha value is -0.520. The lowest BCUT2D eigenvalue weighted by atomic mass is 10.1. The van der Waals surface area contributed by atoms with Crippen molar-refractivity contribution in [2.45, 2.75) is 78.1 Å². The predicted molar refractivity (Wildman–Crippen MR) is 75.8 cm³/mol. The number of allylic oxidation sites excluding steroid dienone is 4. The van der Waals surface area contributed by atoms with Crippen molar-refractivity contribution < 1.29 is 0 Å². The Morgan fingerprint density at radius 1 is 0.562 bits per heavy atom. The highest BCUT2D eigenvalue weighted by molar-refractivity contribution is 4.92. The smallest absolute Gasteiger partial charge is 0.0169 e. The van der Waals surface area contributed by atoms with Crippen LogP contribution in [0.25, 0.3) is 0 Å². The van der Waals surface area contributed by atoms with Gasteiger partial charge in [0.2, 0.25) is 0 Å². The normalized spacial score (nSPS) is 11.9. The van der Waals surface area contributed by atoms with Gasteiger partial charge in [-0.25, -0.2) is 0 Å². The van der Waals surface area contributed by atoms with Gasteiger partial charge in [0.1, 0.15) is 0 Å². The molecule has 0 atom stereocenters. The largest absolute Gasteiger partial charge is 0.0882 e. The van der Waals surface area contributed by atoms with Crippen molar-refractivity contribution in [1.82, 2.24) is 0 Å². The van der Waals surface area contributed by atoms with Gasteiger partial charge in [-0.05, 0) is 25.7 Å². The molecule has 0 heteroatoms. The monoisotopic (exact) mass is 222 g/mol. The van der Waals surface area contributed by atoms with E-state index in [9.17, 15) is 0 Å². The summed E-state index contributed by atoms with van der Waals surface area (Å²) in [7, 11) is 0. The highest BCUT2D eigenvalue weighted by atomic mass is 13.9. The third-order valence-electron chi connectivity index (χ3n) is 2.79. The van der Waals surface area contributed by atoms with Gasteiger partial charge in [0.15, 0.2) is 0 Å². The summed E-state index contributed by atoms with van der Waals surface area (Å²) in [6.07, 6.45) is 22.5. The molecule has 0 N–H and O–H groups in total. The lowest BCUT2D eigenvalue weighted by Crippen LogP contribution is -1.77. The van der Waals surface area contributed by atoms with E-state index in [4.69, 9.17) is 0 Å². The fourth-order valence-corrected chi connectivity index (χ4v) is 1.72. The maximum absolute atomic E-state index is 2.34. The summed E-state index contributed by atoms with van der Waals surface area (Å²) in [5, 5.41) is 0. The lowest BCUT2D eigenvalue weighted by Gasteiger charge is -1.97. The van der Waals surface area contributed by atoms with Gasteiger partial charge >= 0.3 is 0 Å². The predicted octanol–water partition coefficient (Wildman–Crippen LogP) is 6.04. The first-order valence-corrected chi connectivity index (χ1v) is 7.21. The van der Waals surface area contributed by atoms with E-state index in [0.717, 1.165) is 6.42 Å². The van der Waals surface area contributed by atoms with Crippen LogP contribution in [0.2, 0.25) is 0 Å². The summed E-state index contributed by atoms with van der Waals surface area (Å²) in [6.45, 7) is 4.49. The van der Waals surface area contributed by atoms with Gasteiger partial charge in [-0.3, -0.25) is 0 Å². The van der Waals surface area contributed by atoms with Crippen LogP contribution < -0.4 is 0 Å². The molecule has 0 fully saturated rings. The molecule has 0 aliphatic carbocycles. The quantitative estimate of drug-likeness (QED) is 0.295. The average molecular weight is 222 g/mol. The van der Waals surface area contributed by atoms with E-state index in [-0.39, 0.29) is 0 Å². The number of rotatable bonds is 11. The van der Waals surface area contributed by atoms with Crippen LogP contribution in [0.3, 0.4) is 0 Å². The Kier molecular flexibility index (Phi) is 14.0. The summed E-state index contributed by atoms with van der Waals surface area (Å²) in [5.41, 5.74) is 0. The fourth-order valence-electron chi connectivity index (χ4n) is 1.72. The molecule has 0 nitrogen and oxygen atoms in total. The van der Waals surface area contributed by atoms with Crippen molar-refractivity contribution in [3.8, 4) is 0 Å². The third-order valence-corrected chi connectivity index (χ3v) is 2.79. The van der Waals surface area contributed by atoms with Crippen LogP contribution in [0.5, 0.6) is 0 Å². The third kappa shape index (κ3) is 13.5. The molecule has 16 heavy (non-hydrogen) atoms. The molecule has 0 aromatic heterocycles. The average Bonchev–Trinajstić information content (AvgIpc) is 2.31. The first-order valence-electron chi connectivity index (χ1n) is 7.21. The lowest BCUT2D eigenvalue weighted by molar-refractivity contribution is 0.611. The molecule has 0 heterocycles. The molecule has 0 radical (unpaired) electrons. The Morgan fingerprint density at radius 3 is 1.88 bits per heavy atom. The van der Waals surface area contributed by atoms with E-state index < -0.39 is 0 Å². The van der Waals surface area contributed by atoms with E-state index in [2.05, 4.69) is 38.2 Å². The van der Waals surface area contributed by atoms with E-state index in [1.807, 2.05) is 0 Å². The highest BCUT2D eigenvalue weighted by Gasteiger charge is 1.87. The van der Waals surface area contributed by atoms with Crippen molar-refractivity contribution in [1.29, 1.82) is 0 Å². The van der Waals surface area contributed by atoms with Crippen LogP contribution in [0.4, 0.5) is 0 Å². The summed E-state index contributed by atoms with van der Waals surface area (Å²) in [5.74, 6) is 0. The van der Waals surface area contributed by atoms with Crippen LogP contribution in [-0.2, 0) is 0 Å². The molecular formula is C16H30. The van der Waals surface area contributed by atoms with Crippen LogP contribution in [0.15, 0.2) is 24.3 Å². The molecule has 0 amide bonds. The molecule has 94 valence electrons. The van der Waals surface area contributed by atoms with E-state index in [0.29, 0.717) is 0 Å². The fraction of sp³-hybridized carbons (Fsp3) is 0.750. The van der Waals surface area contributed by atoms with Gasteiger partial charge in [0.05, 0.1) is 0 Å². The summed E-state index contributed by atoms with van der Waals surface area (Å²) >= 11 is 0. The van der Waals surface area contributed by atoms with Gasteiger partial charge < -0.3 is 0 Å². The molecule has 0 spiro atoms. The summed E-state index contributed by atoms with van der Waals surface area (Å²) in [4.78, 5) is 0. The minimum atomic E-state index is 1.12. The minimum absolute atomic E-state index is 1.12. The number of hydrogen-bond donors (Lipinski definition) is 0. The SMILES string of the molecule is CCC/C=C/C/C=C/CCCCCCCC. The van der Waals surface area contributed by atoms with Gasteiger partial charge in [-0.1, -0.05) is 76.7 Å². The first-order chi connectivity index (χ1) is 7.91. The van der Waals surface area contributed by atoms with E-state index in [1.54, 1.807) is 0 Å². The van der Waals surface area contributed by atoms with Crippen molar-refractivity contribution in [2.75, 3.05) is 0 Å². The molecule has 0 aromatic rings. The maximum atomic E-state index is 2.34. The Labute approximate surface area is 103 Å². The molecule has 0 aliphatic heterocycles. The van der Waals surface area contributed by atoms with Gasteiger partial charge in [0.25, 0.3) is 0 Å². The summed E-state index contributed by atoms with van der Waals surface area (Å²) in [6, 6.07) is 0. The Bertz CT molecular complexity index is 165. The second-order valence-corrected chi connectivity index (χ2v) is 4.52. The molecule has 0 saturated carbocycles. The maximum Gasteiger partial charge on any atom is -0.0169 e. The molecule has 0 aliphatic rings. The Balaban J connectivity index is 3.09. The van der Waals surface area contributed by atoms with Crippen LogP contribution >= 0.6 is 0 Å². The van der Waals surface area contributed by atoms with Crippen LogP contribution in [0, 0.1) is 0 Å². The molecule has 0 unspecified atom stereocenters. The molecule has 0 saturated heterocycles. The number of hydrogen-bond acceptors (Lipinski definition) is 0. The molecule has 0 bridgehead atoms. The zero-order valence-corrected chi connectivity index (χ0v) is 11.4. The second-order valence-electron chi connectivity index (χ2n) is 4.52. The van der Waals surface area contributed by atoms with E-state index in [1.165, 1.54) is 57.8 Å². The van der Waals surface area contributed by atoms with E-state index >= 15 is 0 Å². The minimum Gasteiger partial charge on any atom is -0.0882 e. The van der Waals surface area contributed by atoms with Crippen LogP contribution in [0.1, 0.15) is 78.1 Å². The topological polar surface area (TPSA) is 0 Å². The van der Waals surface area contributed by atoms with Crippen molar-refractivity contribution in [3.05, 3.63) is 24.3 Å². The van der Waals surface area contributed by atoms with Gasteiger partial charge in [0, 0.05) is 0 Å². The highest BCUT2D eigenvalue weighted by Crippen LogP contribution is 2.07. The molecule has 0 aromatic carbocycles. The Morgan fingerprint density at radius 2 is 1.19 bits per heavy atom. The van der Waals surface area contributed by atoms with Gasteiger partial charge in [-0.15, -0.1) is 0 Å². The number of unbranched alkanes of at least 4 members (excludes halogenated alkanes) is 7.